The molecule has 0 aliphatic heterocycles. The number of aryl methyl sites for hydroxylation is 1. The van der Waals surface area contributed by atoms with Crippen LogP contribution in [0.3, 0.4) is 0 Å². The Kier molecular flexibility index (Phi) is 3.31. The summed E-state index contributed by atoms with van der Waals surface area (Å²) in [5, 5.41) is 8.78. The molecule has 1 aliphatic carbocycles. The van der Waals surface area contributed by atoms with Crippen molar-refractivity contribution in [3.8, 4) is 5.75 Å². The molecule has 0 spiro atoms. The molecule has 92 valence electrons. The molecule has 3 nitrogen and oxygen atoms in total. The van der Waals surface area contributed by atoms with Gasteiger partial charge in [-0.1, -0.05) is 6.07 Å². The van der Waals surface area contributed by atoms with Crippen LogP contribution in [0.5, 0.6) is 5.75 Å². The summed E-state index contributed by atoms with van der Waals surface area (Å²) in [6, 6.07) is 5.48. The predicted octanol–water partition coefficient (Wildman–Crippen LogP) is 2.54. The summed E-state index contributed by atoms with van der Waals surface area (Å²) in [7, 11) is 1.55. The Morgan fingerprint density at radius 2 is 2.35 bits per heavy atom. The van der Waals surface area contributed by atoms with E-state index in [1.807, 2.05) is 12.1 Å². The van der Waals surface area contributed by atoms with Gasteiger partial charge in [0.15, 0.2) is 0 Å². The Balaban J connectivity index is 2.38. The number of carbonyl (C=O) groups is 1. The smallest absolute Gasteiger partial charge is 0.338 e. The van der Waals surface area contributed by atoms with Crippen molar-refractivity contribution in [2.75, 3.05) is 7.11 Å². The molecule has 1 aliphatic rings. The van der Waals surface area contributed by atoms with Gasteiger partial charge in [0.25, 0.3) is 0 Å². The highest BCUT2D eigenvalue weighted by Gasteiger charge is 2.32. The summed E-state index contributed by atoms with van der Waals surface area (Å²) < 4.78 is 18.8. The molecule has 2 unspecified atom stereocenters. The second-order valence-corrected chi connectivity index (χ2v) is 4.30. The summed E-state index contributed by atoms with van der Waals surface area (Å²) in [5.74, 6) is -1.29. The molecular weight excluding hydrogens is 223 g/mol. The molecule has 2 atom stereocenters. The molecule has 1 aromatic carbocycles. The van der Waals surface area contributed by atoms with Crippen LogP contribution in [0, 0.1) is 0 Å². The highest BCUT2D eigenvalue weighted by atomic mass is 19.1. The van der Waals surface area contributed by atoms with Crippen LogP contribution in [0.1, 0.15) is 29.9 Å². The van der Waals surface area contributed by atoms with Crippen molar-refractivity contribution in [2.24, 2.45) is 0 Å². The number of benzene rings is 1. The lowest BCUT2D eigenvalue weighted by atomic mass is 9.80. The summed E-state index contributed by atoms with van der Waals surface area (Å²) in [6.07, 6.45) is 0.453. The fourth-order valence-electron chi connectivity index (χ4n) is 2.42. The third-order valence-electron chi connectivity index (χ3n) is 3.30. The Morgan fingerprint density at radius 3 is 3.00 bits per heavy atom. The average Bonchev–Trinajstić information content (AvgIpc) is 2.36. The Bertz CT molecular complexity index is 431. The van der Waals surface area contributed by atoms with Gasteiger partial charge in [-0.15, -0.1) is 0 Å². The first kappa shape index (κ1) is 11.9. The van der Waals surface area contributed by atoms with Gasteiger partial charge in [-0.3, -0.25) is 0 Å². The van der Waals surface area contributed by atoms with E-state index in [-0.39, 0.29) is 0 Å². The topological polar surface area (TPSA) is 46.5 Å². The minimum Gasteiger partial charge on any atom is -0.497 e. The zero-order valence-corrected chi connectivity index (χ0v) is 9.65. The largest absolute Gasteiger partial charge is 0.497 e. The average molecular weight is 238 g/mol. The maximum Gasteiger partial charge on any atom is 0.338 e. The maximum atomic E-state index is 13.7. The fraction of sp³-hybridized carbons (Fsp3) is 0.462. The molecular formula is C13H15FO3. The van der Waals surface area contributed by atoms with Gasteiger partial charge < -0.3 is 9.84 Å². The highest BCUT2D eigenvalue weighted by molar-refractivity contribution is 5.74. The lowest BCUT2D eigenvalue weighted by Crippen LogP contribution is -2.26. The minimum atomic E-state index is -1.83. The van der Waals surface area contributed by atoms with Gasteiger partial charge in [0, 0.05) is 5.92 Å². The number of aliphatic carboxylic acids is 1. The maximum absolute atomic E-state index is 13.7. The summed E-state index contributed by atoms with van der Waals surface area (Å²) in [5.41, 5.74) is 1.82. The molecule has 1 aromatic rings. The Hall–Kier alpha value is -1.58. The van der Waals surface area contributed by atoms with Gasteiger partial charge >= 0.3 is 5.97 Å². The molecule has 0 aromatic heterocycles. The molecule has 0 saturated heterocycles. The Morgan fingerprint density at radius 1 is 1.59 bits per heavy atom. The monoisotopic (exact) mass is 238 g/mol. The quantitative estimate of drug-likeness (QED) is 0.880. The molecule has 0 fully saturated rings. The Labute approximate surface area is 99.2 Å². The van der Waals surface area contributed by atoms with Gasteiger partial charge in [-0.05, 0) is 42.5 Å². The van der Waals surface area contributed by atoms with Crippen LogP contribution in [0.2, 0.25) is 0 Å². The molecule has 0 amide bonds. The third-order valence-corrected chi connectivity index (χ3v) is 3.30. The van der Waals surface area contributed by atoms with E-state index in [1.165, 1.54) is 0 Å². The number of carboxylic acid groups (broad SMARTS) is 1. The second-order valence-electron chi connectivity index (χ2n) is 4.30. The molecule has 1 N–H and O–H groups in total. The number of rotatable bonds is 3. The number of alkyl halides is 1. The molecule has 2 rings (SSSR count). The van der Waals surface area contributed by atoms with E-state index in [4.69, 9.17) is 9.84 Å². The number of methoxy groups -OCH3 is 1. The highest BCUT2D eigenvalue weighted by Crippen LogP contribution is 2.37. The van der Waals surface area contributed by atoms with E-state index in [2.05, 4.69) is 0 Å². The molecule has 0 saturated carbocycles. The van der Waals surface area contributed by atoms with Crippen LogP contribution in [-0.2, 0) is 11.2 Å². The zero-order chi connectivity index (χ0) is 12.4. The van der Waals surface area contributed by atoms with Crippen LogP contribution in [0.4, 0.5) is 4.39 Å². The van der Waals surface area contributed by atoms with Crippen LogP contribution in [0.15, 0.2) is 18.2 Å². The van der Waals surface area contributed by atoms with Gasteiger partial charge in [0.2, 0.25) is 6.17 Å². The lowest BCUT2D eigenvalue weighted by molar-refractivity contribution is -0.143. The molecule has 17 heavy (non-hydrogen) atoms. The van der Waals surface area contributed by atoms with Gasteiger partial charge in [-0.2, -0.15) is 0 Å². The molecule has 0 heterocycles. The molecule has 4 heteroatoms. The first-order valence-electron chi connectivity index (χ1n) is 5.67. The standard InChI is InChI=1S/C13H15FO3/c1-17-9-6-5-8-3-2-4-10(11(8)7-9)12(14)13(15)16/h5-7,10,12H,2-4H2,1H3,(H,15,16). The van der Waals surface area contributed by atoms with Crippen molar-refractivity contribution in [2.45, 2.75) is 31.4 Å². The van der Waals surface area contributed by atoms with Gasteiger partial charge in [0.1, 0.15) is 5.75 Å². The van der Waals surface area contributed by atoms with Crippen molar-refractivity contribution < 1.29 is 19.0 Å². The summed E-state index contributed by atoms with van der Waals surface area (Å²) >= 11 is 0. The fourth-order valence-corrected chi connectivity index (χ4v) is 2.42. The van der Waals surface area contributed by atoms with E-state index < -0.39 is 18.1 Å². The van der Waals surface area contributed by atoms with Crippen LogP contribution >= 0.6 is 0 Å². The van der Waals surface area contributed by atoms with E-state index in [1.54, 1.807) is 13.2 Å². The van der Waals surface area contributed by atoms with Crippen LogP contribution < -0.4 is 4.74 Å². The van der Waals surface area contributed by atoms with Crippen molar-refractivity contribution in [3.05, 3.63) is 29.3 Å². The number of carboxylic acids is 1. The van der Waals surface area contributed by atoms with E-state index >= 15 is 0 Å². The SMILES string of the molecule is COc1ccc2c(c1)C(C(F)C(=O)O)CCC2. The third kappa shape index (κ3) is 2.25. The van der Waals surface area contributed by atoms with Crippen molar-refractivity contribution in [1.82, 2.24) is 0 Å². The van der Waals surface area contributed by atoms with Gasteiger partial charge in [0.05, 0.1) is 7.11 Å². The predicted molar refractivity (Wildman–Crippen MR) is 61.2 cm³/mol. The lowest BCUT2D eigenvalue weighted by Gasteiger charge is -2.26. The van der Waals surface area contributed by atoms with Crippen molar-refractivity contribution in [3.63, 3.8) is 0 Å². The van der Waals surface area contributed by atoms with Crippen molar-refractivity contribution >= 4 is 5.97 Å². The number of hydrogen-bond donors (Lipinski definition) is 1. The minimum absolute atomic E-state index is 0.550. The number of hydrogen-bond acceptors (Lipinski definition) is 2. The second kappa shape index (κ2) is 4.73. The van der Waals surface area contributed by atoms with Crippen LogP contribution in [0.25, 0.3) is 0 Å². The number of fused-ring (bicyclic) bond motifs is 1. The van der Waals surface area contributed by atoms with E-state index in [9.17, 15) is 9.18 Å². The van der Waals surface area contributed by atoms with Gasteiger partial charge in [-0.25, -0.2) is 9.18 Å². The molecule has 0 bridgehead atoms. The van der Waals surface area contributed by atoms with Crippen molar-refractivity contribution in [1.29, 1.82) is 0 Å². The van der Waals surface area contributed by atoms with E-state index in [0.717, 1.165) is 24.0 Å². The normalized spacial score (nSPS) is 20.5. The summed E-state index contributed by atoms with van der Waals surface area (Å²) in [4.78, 5) is 10.8. The molecule has 0 radical (unpaired) electrons. The number of halogens is 1. The first-order chi connectivity index (χ1) is 8.13. The summed E-state index contributed by atoms with van der Waals surface area (Å²) in [6.45, 7) is 0. The first-order valence-corrected chi connectivity index (χ1v) is 5.67. The van der Waals surface area contributed by atoms with Crippen LogP contribution in [-0.4, -0.2) is 24.4 Å². The zero-order valence-electron chi connectivity index (χ0n) is 9.65. The van der Waals surface area contributed by atoms with E-state index in [0.29, 0.717) is 12.2 Å². The number of ether oxygens (including phenoxy) is 1.